The summed E-state index contributed by atoms with van der Waals surface area (Å²) in [5, 5.41) is 7.61. The van der Waals surface area contributed by atoms with E-state index in [1.54, 1.807) is 50.3 Å². The van der Waals surface area contributed by atoms with Gasteiger partial charge < -0.3 is 10.1 Å². The third-order valence-electron chi connectivity index (χ3n) is 4.71. The molecule has 1 unspecified atom stereocenters. The third kappa shape index (κ3) is 7.48. The van der Waals surface area contributed by atoms with Crippen LogP contribution in [0.3, 0.4) is 0 Å². The molecule has 1 aromatic heterocycles. The Bertz CT molecular complexity index is 1160. The van der Waals surface area contributed by atoms with E-state index in [4.69, 9.17) is 9.26 Å². The Morgan fingerprint density at radius 1 is 1.00 bits per heavy atom. The first-order chi connectivity index (χ1) is 16.1. The van der Waals surface area contributed by atoms with E-state index in [0.717, 1.165) is 16.0 Å². The van der Waals surface area contributed by atoms with Crippen molar-refractivity contribution in [2.45, 2.75) is 32.8 Å². The molecule has 0 bridgehead atoms. The molecule has 1 atom stereocenters. The summed E-state index contributed by atoms with van der Waals surface area (Å²) in [6, 6.07) is 16.5. The monoisotopic (exact) mass is 499 g/mol. The number of hydrogen-bond donors (Lipinski definition) is 2. The van der Waals surface area contributed by atoms with Gasteiger partial charge in [-0.3, -0.25) is 10.1 Å². The van der Waals surface area contributed by atoms with E-state index in [0.29, 0.717) is 29.5 Å². The minimum atomic E-state index is -1.67. The lowest BCUT2D eigenvalue weighted by atomic mass is 10.1. The molecule has 0 aliphatic heterocycles. The number of hydrogen-bond acceptors (Lipinski definition) is 6. The predicted octanol–water partition coefficient (Wildman–Crippen LogP) is 6.95. The highest BCUT2D eigenvalue weighted by atomic mass is 32.1. The Kier molecular flexibility index (Phi) is 8.56. The van der Waals surface area contributed by atoms with Crippen LogP contribution in [-0.2, 0) is 20.2 Å². The molecule has 34 heavy (non-hydrogen) atoms. The Morgan fingerprint density at radius 3 is 2.35 bits per heavy atom. The normalized spacial score (nSPS) is 11.6. The van der Waals surface area contributed by atoms with E-state index in [9.17, 15) is 14.2 Å². The van der Waals surface area contributed by atoms with Crippen LogP contribution >= 0.6 is 19.4 Å². The van der Waals surface area contributed by atoms with Crippen molar-refractivity contribution in [2.24, 2.45) is 0 Å². The van der Waals surface area contributed by atoms with E-state index in [1.165, 1.54) is 7.11 Å². The molecule has 0 aliphatic rings. The molecule has 3 rings (SSSR count). The second-order valence-electron chi connectivity index (χ2n) is 8.50. The van der Waals surface area contributed by atoms with Crippen LogP contribution in [0, 0.1) is 0 Å². The SMILES string of the molecule is CO[P+](=O)CCc1ccc(C(=O)Nc2cc(-c3cccs3)ccc2NC(=O)OC(C)(C)C)cc1. The Hall–Kier alpha value is -3.06. The Balaban J connectivity index is 1.80. The van der Waals surface area contributed by atoms with Gasteiger partial charge in [-0.2, -0.15) is 0 Å². The van der Waals surface area contributed by atoms with Gasteiger partial charge in [0.15, 0.2) is 6.16 Å². The maximum Gasteiger partial charge on any atom is 0.508 e. The number of thiophene rings is 1. The molecule has 0 aliphatic carbocycles. The molecule has 2 amide bonds. The van der Waals surface area contributed by atoms with Gasteiger partial charge in [-0.25, -0.2) is 4.79 Å². The number of anilines is 2. The van der Waals surface area contributed by atoms with Crippen molar-refractivity contribution in [3.05, 3.63) is 71.1 Å². The van der Waals surface area contributed by atoms with Crippen LogP contribution in [0.1, 0.15) is 36.7 Å². The van der Waals surface area contributed by atoms with Crippen LogP contribution in [0.4, 0.5) is 16.2 Å². The Morgan fingerprint density at radius 2 is 1.74 bits per heavy atom. The van der Waals surface area contributed by atoms with Gasteiger partial charge in [-0.05, 0) is 72.2 Å². The summed E-state index contributed by atoms with van der Waals surface area (Å²) in [5.74, 6) is -0.315. The fourth-order valence-electron chi connectivity index (χ4n) is 3.10. The van der Waals surface area contributed by atoms with Crippen LogP contribution in [-0.4, -0.2) is 30.9 Å². The zero-order chi connectivity index (χ0) is 24.7. The number of carbonyl (C=O) groups excluding carboxylic acids is 2. The van der Waals surface area contributed by atoms with E-state index < -0.39 is 19.7 Å². The van der Waals surface area contributed by atoms with Crippen molar-refractivity contribution in [1.82, 2.24) is 0 Å². The average molecular weight is 500 g/mol. The van der Waals surface area contributed by atoms with Gasteiger partial charge in [0, 0.05) is 16.9 Å². The summed E-state index contributed by atoms with van der Waals surface area (Å²) in [5.41, 5.74) is 2.59. The zero-order valence-corrected chi connectivity index (χ0v) is 21.3. The number of aryl methyl sites for hydroxylation is 1. The molecule has 178 valence electrons. The zero-order valence-electron chi connectivity index (χ0n) is 19.6. The van der Waals surface area contributed by atoms with Gasteiger partial charge in [0.1, 0.15) is 5.60 Å². The fourth-order valence-corrected chi connectivity index (χ4v) is 4.44. The summed E-state index contributed by atoms with van der Waals surface area (Å²) in [4.78, 5) is 26.4. The smallest absolute Gasteiger partial charge is 0.444 e. The minimum absolute atomic E-state index is 0.315. The Labute approximate surface area is 204 Å². The first-order valence-corrected chi connectivity index (χ1v) is 13.0. The second kappa shape index (κ2) is 11.4. The van der Waals surface area contributed by atoms with Gasteiger partial charge in [0.05, 0.1) is 18.5 Å². The first kappa shape index (κ1) is 25.6. The van der Waals surface area contributed by atoms with Crippen LogP contribution in [0.5, 0.6) is 0 Å². The summed E-state index contributed by atoms with van der Waals surface area (Å²) in [6.07, 6.45) is 0.412. The van der Waals surface area contributed by atoms with Crippen LogP contribution in [0.25, 0.3) is 10.4 Å². The molecular weight excluding hydrogens is 471 g/mol. The lowest BCUT2D eigenvalue weighted by Gasteiger charge is -2.21. The fraction of sp³-hybridized carbons (Fsp3) is 0.280. The molecule has 0 radical (unpaired) electrons. The molecule has 3 aromatic rings. The van der Waals surface area contributed by atoms with Crippen LogP contribution in [0.2, 0.25) is 0 Å². The van der Waals surface area contributed by atoms with Crippen molar-refractivity contribution in [3.63, 3.8) is 0 Å². The van der Waals surface area contributed by atoms with E-state index in [2.05, 4.69) is 10.6 Å². The number of carbonyl (C=O) groups is 2. The van der Waals surface area contributed by atoms with Gasteiger partial charge in [-0.15, -0.1) is 15.9 Å². The van der Waals surface area contributed by atoms with E-state index in [1.807, 2.05) is 41.8 Å². The van der Waals surface area contributed by atoms with Gasteiger partial charge >= 0.3 is 14.1 Å². The standard InChI is InChI=1S/C25H27N2O5PS/c1-25(2,3)32-24(29)27-20-12-11-19(22-6-5-15-34-22)16-21(20)26-23(28)18-9-7-17(8-10-18)13-14-33(30)31-4/h5-12,15-16H,13-14H2,1-4H3,(H-,26,27,28,29)/p+1. The van der Waals surface area contributed by atoms with Crippen molar-refractivity contribution < 1.29 is 23.4 Å². The highest BCUT2D eigenvalue weighted by Crippen LogP contribution is 2.32. The highest BCUT2D eigenvalue weighted by Gasteiger charge is 2.19. The molecule has 0 saturated heterocycles. The van der Waals surface area contributed by atoms with Crippen molar-refractivity contribution in [2.75, 3.05) is 23.9 Å². The third-order valence-corrected chi connectivity index (χ3v) is 6.63. The van der Waals surface area contributed by atoms with E-state index in [-0.39, 0.29) is 5.91 Å². The quantitative estimate of drug-likeness (QED) is 0.327. The molecule has 0 saturated carbocycles. The molecule has 2 N–H and O–H groups in total. The van der Waals surface area contributed by atoms with Crippen molar-refractivity contribution in [1.29, 1.82) is 0 Å². The van der Waals surface area contributed by atoms with Gasteiger partial charge in [-0.1, -0.05) is 24.3 Å². The largest absolute Gasteiger partial charge is 0.508 e. The second-order valence-corrected chi connectivity index (χ2v) is 10.9. The van der Waals surface area contributed by atoms with Crippen LogP contribution < -0.4 is 10.6 Å². The summed E-state index contributed by atoms with van der Waals surface area (Å²) < 4.78 is 21.7. The maximum atomic E-state index is 13.0. The summed E-state index contributed by atoms with van der Waals surface area (Å²) in [6.45, 7) is 5.35. The molecule has 0 spiro atoms. The molecular formula is C25H28N2O5PS+. The minimum Gasteiger partial charge on any atom is -0.444 e. The van der Waals surface area contributed by atoms with Crippen LogP contribution in [0.15, 0.2) is 60.0 Å². The maximum absolute atomic E-state index is 13.0. The van der Waals surface area contributed by atoms with Gasteiger partial charge in [0.25, 0.3) is 5.91 Å². The average Bonchev–Trinajstić information content (AvgIpc) is 3.32. The topological polar surface area (TPSA) is 93.7 Å². The van der Waals surface area contributed by atoms with Crippen molar-refractivity contribution >= 4 is 42.7 Å². The highest BCUT2D eigenvalue weighted by molar-refractivity contribution is 7.39. The first-order valence-electron chi connectivity index (χ1n) is 10.7. The number of rotatable bonds is 8. The number of benzene rings is 2. The number of amides is 2. The molecule has 0 fully saturated rings. The molecule has 7 nitrogen and oxygen atoms in total. The van der Waals surface area contributed by atoms with E-state index >= 15 is 0 Å². The van der Waals surface area contributed by atoms with Crippen molar-refractivity contribution in [3.8, 4) is 10.4 Å². The lowest BCUT2D eigenvalue weighted by Crippen LogP contribution is -2.27. The predicted molar refractivity (Wildman–Crippen MR) is 137 cm³/mol. The molecule has 9 heteroatoms. The number of ether oxygens (including phenoxy) is 1. The van der Waals surface area contributed by atoms with Gasteiger partial charge in [0.2, 0.25) is 0 Å². The lowest BCUT2D eigenvalue weighted by molar-refractivity contribution is 0.0635. The molecule has 2 aromatic carbocycles. The summed E-state index contributed by atoms with van der Waals surface area (Å²) >= 11 is 1.58. The number of nitrogens with one attached hydrogen (secondary N) is 2. The summed E-state index contributed by atoms with van der Waals surface area (Å²) in [7, 11) is -0.246. The molecule has 1 heterocycles.